The Hall–Kier alpha value is -2.97. The fraction of sp³-hybridized carbons (Fsp3) is 0.438. The van der Waals surface area contributed by atoms with E-state index in [1.165, 1.54) is 0 Å². The first-order valence-corrected chi connectivity index (χ1v) is 8.15. The summed E-state index contributed by atoms with van der Waals surface area (Å²) in [7, 11) is 0. The van der Waals surface area contributed by atoms with Gasteiger partial charge < -0.3 is 14.8 Å². The summed E-state index contributed by atoms with van der Waals surface area (Å²) in [6, 6.07) is 0. The Balaban J connectivity index is 1.55. The van der Waals surface area contributed by atoms with Gasteiger partial charge in [-0.25, -0.2) is 9.78 Å². The summed E-state index contributed by atoms with van der Waals surface area (Å²) >= 11 is 0. The average molecular weight is 344 g/mol. The summed E-state index contributed by atoms with van der Waals surface area (Å²) in [6.45, 7) is 4.27. The first-order chi connectivity index (χ1) is 12.0. The smallest absolute Gasteiger partial charge is 0.325 e. The lowest BCUT2D eigenvalue weighted by Gasteiger charge is -2.35. The summed E-state index contributed by atoms with van der Waals surface area (Å²) in [5, 5.41) is 0. The van der Waals surface area contributed by atoms with Crippen molar-refractivity contribution in [2.45, 2.75) is 19.8 Å². The number of amides is 1. The Labute approximate surface area is 143 Å². The number of hydrogen-bond acceptors (Lipinski definition) is 6. The van der Waals surface area contributed by atoms with Crippen LogP contribution in [0.15, 0.2) is 28.2 Å². The van der Waals surface area contributed by atoms with Gasteiger partial charge in [0, 0.05) is 56.3 Å². The third-order valence-corrected chi connectivity index (χ3v) is 4.35. The number of anilines is 1. The number of nitrogens with one attached hydrogen (secondary N) is 2. The van der Waals surface area contributed by atoms with Gasteiger partial charge in [0.1, 0.15) is 5.82 Å². The highest BCUT2D eigenvalue weighted by Crippen LogP contribution is 2.12. The van der Waals surface area contributed by atoms with Crippen molar-refractivity contribution in [1.82, 2.24) is 24.8 Å². The summed E-state index contributed by atoms with van der Waals surface area (Å²) in [5.74, 6) is 0.814. The van der Waals surface area contributed by atoms with Gasteiger partial charge in [0.25, 0.3) is 5.56 Å². The topological polar surface area (TPSA) is 115 Å². The van der Waals surface area contributed by atoms with E-state index in [1.54, 1.807) is 30.4 Å². The van der Waals surface area contributed by atoms with E-state index in [-0.39, 0.29) is 12.3 Å². The average Bonchev–Trinajstić information content (AvgIpc) is 2.61. The molecule has 132 valence electrons. The van der Waals surface area contributed by atoms with Crippen LogP contribution in [0.1, 0.15) is 17.7 Å². The molecule has 2 aromatic rings. The minimum absolute atomic E-state index is 0.00351. The zero-order valence-corrected chi connectivity index (χ0v) is 14.0. The van der Waals surface area contributed by atoms with Gasteiger partial charge in [-0.05, 0) is 13.3 Å². The summed E-state index contributed by atoms with van der Waals surface area (Å²) in [5.41, 5.74) is -0.000557. The van der Waals surface area contributed by atoms with Crippen LogP contribution in [0.5, 0.6) is 0 Å². The Morgan fingerprint density at radius 1 is 1.16 bits per heavy atom. The summed E-state index contributed by atoms with van der Waals surface area (Å²) < 4.78 is 0. The van der Waals surface area contributed by atoms with E-state index in [2.05, 4.69) is 24.8 Å². The van der Waals surface area contributed by atoms with Crippen LogP contribution >= 0.6 is 0 Å². The van der Waals surface area contributed by atoms with Crippen molar-refractivity contribution in [3.8, 4) is 0 Å². The molecule has 3 rings (SSSR count). The Morgan fingerprint density at radius 2 is 1.92 bits per heavy atom. The molecule has 0 aromatic carbocycles. The highest BCUT2D eigenvalue weighted by molar-refractivity contribution is 5.76. The number of rotatable bonds is 4. The number of piperazine rings is 1. The minimum atomic E-state index is -0.530. The van der Waals surface area contributed by atoms with Gasteiger partial charge in [-0.2, -0.15) is 0 Å². The lowest BCUT2D eigenvalue weighted by Crippen LogP contribution is -2.49. The first-order valence-electron chi connectivity index (χ1n) is 8.15. The summed E-state index contributed by atoms with van der Waals surface area (Å²) in [6.07, 6.45) is 5.53. The normalized spacial score (nSPS) is 14.6. The van der Waals surface area contributed by atoms with Gasteiger partial charge in [0.2, 0.25) is 5.91 Å². The highest BCUT2D eigenvalue weighted by Gasteiger charge is 2.22. The maximum atomic E-state index is 12.4. The van der Waals surface area contributed by atoms with Crippen LogP contribution in [-0.4, -0.2) is 56.9 Å². The van der Waals surface area contributed by atoms with Gasteiger partial charge in [0.05, 0.1) is 6.20 Å². The molecular formula is C16H20N6O3. The second-order valence-electron chi connectivity index (χ2n) is 5.94. The number of aromatic nitrogens is 4. The lowest BCUT2D eigenvalue weighted by molar-refractivity contribution is -0.131. The molecule has 1 fully saturated rings. The zero-order chi connectivity index (χ0) is 17.8. The quantitative estimate of drug-likeness (QED) is 0.768. The predicted octanol–water partition coefficient (Wildman–Crippen LogP) is -0.557. The SMILES string of the molecule is Cc1[nH]c(=O)[nH]c(=O)c1CCC(=O)N1CCN(c2cnccn2)CC1. The van der Waals surface area contributed by atoms with Crippen LogP contribution in [0.25, 0.3) is 0 Å². The van der Waals surface area contributed by atoms with Gasteiger partial charge in [0.15, 0.2) is 0 Å². The molecule has 3 heterocycles. The van der Waals surface area contributed by atoms with E-state index in [0.717, 1.165) is 5.82 Å². The van der Waals surface area contributed by atoms with Gasteiger partial charge in [-0.15, -0.1) is 0 Å². The minimum Gasteiger partial charge on any atom is -0.352 e. The van der Waals surface area contributed by atoms with Crippen molar-refractivity contribution in [2.24, 2.45) is 0 Å². The van der Waals surface area contributed by atoms with Crippen LogP contribution < -0.4 is 16.1 Å². The van der Waals surface area contributed by atoms with Crippen molar-refractivity contribution in [2.75, 3.05) is 31.1 Å². The van der Waals surface area contributed by atoms with E-state index in [0.29, 0.717) is 43.9 Å². The first kappa shape index (κ1) is 16.9. The number of carbonyl (C=O) groups excluding carboxylic acids is 1. The van der Waals surface area contributed by atoms with Gasteiger partial charge in [-0.3, -0.25) is 19.6 Å². The molecule has 1 amide bonds. The Kier molecular flexibility index (Phi) is 4.92. The predicted molar refractivity (Wildman–Crippen MR) is 91.6 cm³/mol. The molecule has 0 spiro atoms. The van der Waals surface area contributed by atoms with Crippen LogP contribution in [0.4, 0.5) is 5.82 Å². The Bertz CT molecular complexity index is 852. The molecule has 0 bridgehead atoms. The van der Waals surface area contributed by atoms with E-state index in [4.69, 9.17) is 0 Å². The number of carbonyl (C=O) groups is 1. The second kappa shape index (κ2) is 7.29. The molecule has 9 nitrogen and oxygen atoms in total. The maximum Gasteiger partial charge on any atom is 0.325 e. The summed E-state index contributed by atoms with van der Waals surface area (Å²) in [4.78, 5) is 52.4. The second-order valence-corrected chi connectivity index (χ2v) is 5.94. The van der Waals surface area contributed by atoms with Crippen molar-refractivity contribution >= 4 is 11.7 Å². The standard InChI is InChI=1S/C16H20N6O3/c1-11-12(15(24)20-16(25)19-11)2-3-14(23)22-8-6-21(7-9-22)13-10-17-4-5-18-13/h4-5,10H,2-3,6-9H2,1H3,(H2,19,20,24,25). The van der Waals surface area contributed by atoms with Crippen molar-refractivity contribution in [1.29, 1.82) is 0 Å². The molecule has 25 heavy (non-hydrogen) atoms. The fourth-order valence-electron chi connectivity index (χ4n) is 2.96. The Morgan fingerprint density at radius 3 is 2.56 bits per heavy atom. The van der Waals surface area contributed by atoms with Crippen molar-refractivity contribution < 1.29 is 4.79 Å². The van der Waals surface area contributed by atoms with E-state index in [1.807, 2.05) is 0 Å². The molecule has 0 radical (unpaired) electrons. The maximum absolute atomic E-state index is 12.4. The van der Waals surface area contributed by atoms with E-state index < -0.39 is 11.2 Å². The largest absolute Gasteiger partial charge is 0.352 e. The molecule has 9 heteroatoms. The van der Waals surface area contributed by atoms with Crippen molar-refractivity contribution in [3.05, 3.63) is 50.7 Å². The molecule has 2 aromatic heterocycles. The number of H-pyrrole nitrogens is 2. The van der Waals surface area contributed by atoms with E-state index in [9.17, 15) is 14.4 Å². The zero-order valence-electron chi connectivity index (χ0n) is 14.0. The third-order valence-electron chi connectivity index (χ3n) is 4.35. The van der Waals surface area contributed by atoms with Gasteiger partial charge >= 0.3 is 5.69 Å². The fourth-order valence-corrected chi connectivity index (χ4v) is 2.96. The van der Waals surface area contributed by atoms with Crippen molar-refractivity contribution in [3.63, 3.8) is 0 Å². The number of hydrogen-bond donors (Lipinski definition) is 2. The molecule has 0 aliphatic carbocycles. The number of nitrogens with zero attached hydrogens (tertiary/aromatic N) is 4. The molecule has 2 N–H and O–H groups in total. The van der Waals surface area contributed by atoms with Gasteiger partial charge in [-0.1, -0.05) is 0 Å². The highest BCUT2D eigenvalue weighted by atomic mass is 16.2. The monoisotopic (exact) mass is 344 g/mol. The molecule has 1 aliphatic heterocycles. The van der Waals surface area contributed by atoms with Crippen LogP contribution in [-0.2, 0) is 11.2 Å². The lowest BCUT2D eigenvalue weighted by atomic mass is 10.1. The molecule has 1 saturated heterocycles. The molecule has 0 unspecified atom stereocenters. The molecule has 1 aliphatic rings. The molecule has 0 saturated carbocycles. The van der Waals surface area contributed by atoms with E-state index >= 15 is 0 Å². The van der Waals surface area contributed by atoms with Crippen LogP contribution in [0, 0.1) is 6.92 Å². The number of aromatic amines is 2. The molecule has 0 atom stereocenters. The van der Waals surface area contributed by atoms with Crippen LogP contribution in [0.3, 0.4) is 0 Å². The van der Waals surface area contributed by atoms with Crippen LogP contribution in [0.2, 0.25) is 0 Å². The third kappa shape index (κ3) is 3.93. The number of aryl methyl sites for hydroxylation is 1. The molecular weight excluding hydrogens is 324 g/mol.